The first kappa shape index (κ1) is 15.7. The smallest absolute Gasteiger partial charge is 0.318 e. The molecule has 7 nitrogen and oxygen atoms in total. The van der Waals surface area contributed by atoms with Crippen LogP contribution in [0.2, 0.25) is 0 Å². The lowest BCUT2D eigenvalue weighted by Crippen LogP contribution is -2.44. The molecule has 0 aromatic carbocycles. The van der Waals surface area contributed by atoms with Crippen LogP contribution in [0.25, 0.3) is 0 Å². The number of ether oxygens (including phenoxy) is 1. The summed E-state index contributed by atoms with van der Waals surface area (Å²) >= 11 is 0. The van der Waals surface area contributed by atoms with Gasteiger partial charge in [0.2, 0.25) is 5.95 Å². The van der Waals surface area contributed by atoms with Gasteiger partial charge in [0.05, 0.1) is 12.2 Å². The molecule has 1 aromatic heterocycles. The highest BCUT2D eigenvalue weighted by atomic mass is 16.5. The predicted molar refractivity (Wildman–Crippen MR) is 85.8 cm³/mol. The Morgan fingerprint density at radius 1 is 1.35 bits per heavy atom. The second kappa shape index (κ2) is 6.52. The van der Waals surface area contributed by atoms with Gasteiger partial charge < -0.3 is 14.5 Å². The average molecular weight is 318 g/mol. The number of fused-ring (bicyclic) bond motifs is 1. The second-order valence-electron chi connectivity index (χ2n) is 5.81. The Bertz CT molecular complexity index is 613. The molecule has 1 fully saturated rings. The van der Waals surface area contributed by atoms with Crippen LogP contribution in [0.4, 0.5) is 11.8 Å². The van der Waals surface area contributed by atoms with Crippen LogP contribution < -0.4 is 9.80 Å². The van der Waals surface area contributed by atoms with E-state index in [1.807, 2.05) is 11.8 Å². The van der Waals surface area contributed by atoms with Crippen LogP contribution >= 0.6 is 0 Å². The number of nitrogens with zero attached hydrogens (tertiary/aromatic N) is 4. The van der Waals surface area contributed by atoms with Gasteiger partial charge in [0.1, 0.15) is 11.7 Å². The Morgan fingerprint density at radius 3 is 2.74 bits per heavy atom. The highest BCUT2D eigenvalue weighted by Crippen LogP contribution is 2.30. The zero-order valence-corrected chi connectivity index (χ0v) is 13.6. The van der Waals surface area contributed by atoms with Crippen LogP contribution in [0.5, 0.6) is 0 Å². The molecule has 1 unspecified atom stereocenters. The van der Waals surface area contributed by atoms with Crippen molar-refractivity contribution in [3.8, 4) is 0 Å². The number of carbonyl (C=O) groups excluding carboxylic acids is 2. The van der Waals surface area contributed by atoms with Crippen molar-refractivity contribution in [2.24, 2.45) is 5.92 Å². The highest BCUT2D eigenvalue weighted by molar-refractivity contribution is 6.13. The van der Waals surface area contributed by atoms with E-state index in [1.165, 1.54) is 0 Å². The zero-order valence-electron chi connectivity index (χ0n) is 13.6. The molecule has 0 spiro atoms. The van der Waals surface area contributed by atoms with Gasteiger partial charge >= 0.3 is 5.97 Å². The van der Waals surface area contributed by atoms with E-state index in [1.54, 1.807) is 13.1 Å². The third kappa shape index (κ3) is 2.87. The molecule has 0 amide bonds. The molecular formula is C16H22N4O3. The first-order valence-electron chi connectivity index (χ1n) is 8.23. The molecule has 1 saturated heterocycles. The summed E-state index contributed by atoms with van der Waals surface area (Å²) < 4.78 is 5.03. The molecule has 2 aliphatic heterocycles. The van der Waals surface area contributed by atoms with Crippen LogP contribution in [-0.4, -0.2) is 54.5 Å². The zero-order chi connectivity index (χ0) is 16.4. The molecule has 2 aliphatic rings. The maximum absolute atomic E-state index is 12.6. The number of Topliss-reactive ketones (excluding diaryl/α,β-unsaturated/α-hetero) is 1. The van der Waals surface area contributed by atoms with Crippen LogP contribution in [0.3, 0.4) is 0 Å². The third-order valence-corrected chi connectivity index (χ3v) is 4.38. The molecule has 0 radical (unpaired) electrons. The molecule has 3 heterocycles. The fourth-order valence-electron chi connectivity index (χ4n) is 3.13. The summed E-state index contributed by atoms with van der Waals surface area (Å²) in [7, 11) is 0. The van der Waals surface area contributed by atoms with Crippen molar-refractivity contribution >= 4 is 23.5 Å². The van der Waals surface area contributed by atoms with Gasteiger partial charge in [-0.25, -0.2) is 4.98 Å². The number of hydrogen-bond donors (Lipinski definition) is 0. The largest absolute Gasteiger partial charge is 0.465 e. The van der Waals surface area contributed by atoms with Crippen LogP contribution in [0.15, 0.2) is 6.20 Å². The van der Waals surface area contributed by atoms with E-state index in [2.05, 4.69) is 14.9 Å². The maximum Gasteiger partial charge on any atom is 0.318 e. The quantitative estimate of drug-likeness (QED) is 0.611. The van der Waals surface area contributed by atoms with Gasteiger partial charge in [0, 0.05) is 32.4 Å². The predicted octanol–water partition coefficient (Wildman–Crippen LogP) is 1.28. The molecular weight excluding hydrogens is 296 g/mol. The Hall–Kier alpha value is -2.18. The van der Waals surface area contributed by atoms with Crippen molar-refractivity contribution in [3.63, 3.8) is 0 Å². The van der Waals surface area contributed by atoms with E-state index in [4.69, 9.17) is 4.74 Å². The number of ketones is 1. The average Bonchev–Trinajstić information content (AvgIpc) is 3.09. The standard InChI is InChI=1S/C16H22N4O3/c1-3-19-10-12(15(22)23-4-2)13(21)11-9-17-16(18-14(11)19)20-7-5-6-8-20/h9,12H,3-8,10H2,1-2H3. The second-order valence-corrected chi connectivity index (χ2v) is 5.81. The number of anilines is 2. The summed E-state index contributed by atoms with van der Waals surface area (Å²) in [5, 5.41) is 0. The van der Waals surface area contributed by atoms with Gasteiger partial charge in [0.25, 0.3) is 0 Å². The lowest BCUT2D eigenvalue weighted by Gasteiger charge is -2.32. The normalized spacial score (nSPS) is 20.6. The highest BCUT2D eigenvalue weighted by Gasteiger charge is 2.38. The van der Waals surface area contributed by atoms with Crippen LogP contribution in [0, 0.1) is 5.92 Å². The van der Waals surface area contributed by atoms with Crippen molar-refractivity contribution in [1.82, 2.24) is 9.97 Å². The van der Waals surface area contributed by atoms with Crippen molar-refractivity contribution in [2.75, 3.05) is 42.6 Å². The number of esters is 1. The summed E-state index contributed by atoms with van der Waals surface area (Å²) in [5.74, 6) is -0.193. The number of carbonyl (C=O) groups is 2. The molecule has 124 valence electrons. The molecule has 0 aliphatic carbocycles. The first-order valence-corrected chi connectivity index (χ1v) is 8.23. The summed E-state index contributed by atoms with van der Waals surface area (Å²) in [4.78, 5) is 37.7. The molecule has 0 N–H and O–H groups in total. The SMILES string of the molecule is CCOC(=O)C1CN(CC)c2nc(N3CCCC3)ncc2C1=O. The van der Waals surface area contributed by atoms with E-state index >= 15 is 0 Å². The van der Waals surface area contributed by atoms with Gasteiger partial charge in [-0.15, -0.1) is 0 Å². The molecule has 23 heavy (non-hydrogen) atoms. The maximum atomic E-state index is 12.6. The lowest BCUT2D eigenvalue weighted by atomic mass is 9.94. The van der Waals surface area contributed by atoms with Gasteiger partial charge in [-0.1, -0.05) is 0 Å². The number of rotatable bonds is 4. The summed E-state index contributed by atoms with van der Waals surface area (Å²) in [6, 6.07) is 0. The van der Waals surface area contributed by atoms with E-state index in [9.17, 15) is 9.59 Å². The minimum absolute atomic E-state index is 0.240. The molecule has 3 rings (SSSR count). The monoisotopic (exact) mass is 318 g/mol. The fourth-order valence-corrected chi connectivity index (χ4v) is 3.13. The van der Waals surface area contributed by atoms with Crippen molar-refractivity contribution in [1.29, 1.82) is 0 Å². The molecule has 0 bridgehead atoms. The van der Waals surface area contributed by atoms with E-state index in [-0.39, 0.29) is 12.4 Å². The van der Waals surface area contributed by atoms with Gasteiger partial charge in [-0.2, -0.15) is 4.98 Å². The topological polar surface area (TPSA) is 75.6 Å². The van der Waals surface area contributed by atoms with Crippen molar-refractivity contribution in [2.45, 2.75) is 26.7 Å². The Kier molecular flexibility index (Phi) is 4.45. The number of hydrogen-bond acceptors (Lipinski definition) is 7. The summed E-state index contributed by atoms with van der Waals surface area (Å²) in [5.41, 5.74) is 0.416. The summed E-state index contributed by atoms with van der Waals surface area (Å²) in [6.07, 6.45) is 3.84. The summed E-state index contributed by atoms with van der Waals surface area (Å²) in [6.45, 7) is 6.88. The van der Waals surface area contributed by atoms with Gasteiger partial charge in [-0.3, -0.25) is 9.59 Å². The fraction of sp³-hybridized carbons (Fsp3) is 0.625. The van der Waals surface area contributed by atoms with Gasteiger partial charge in [0.15, 0.2) is 5.78 Å². The van der Waals surface area contributed by atoms with Crippen molar-refractivity contribution in [3.05, 3.63) is 11.8 Å². The molecule has 1 aromatic rings. The van der Waals surface area contributed by atoms with Crippen LogP contribution in [0.1, 0.15) is 37.0 Å². The lowest BCUT2D eigenvalue weighted by molar-refractivity contribution is -0.145. The Labute approximate surface area is 135 Å². The third-order valence-electron chi connectivity index (χ3n) is 4.38. The molecule has 7 heteroatoms. The Balaban J connectivity index is 1.93. The minimum Gasteiger partial charge on any atom is -0.465 e. The first-order chi connectivity index (χ1) is 11.2. The van der Waals surface area contributed by atoms with Crippen molar-refractivity contribution < 1.29 is 14.3 Å². The van der Waals surface area contributed by atoms with E-state index in [0.717, 1.165) is 25.9 Å². The van der Waals surface area contributed by atoms with Gasteiger partial charge in [-0.05, 0) is 26.7 Å². The number of aromatic nitrogens is 2. The molecule has 1 atom stereocenters. The van der Waals surface area contributed by atoms with E-state index < -0.39 is 11.9 Å². The van der Waals surface area contributed by atoms with E-state index in [0.29, 0.717) is 30.4 Å². The Morgan fingerprint density at radius 2 is 2.09 bits per heavy atom. The minimum atomic E-state index is -0.788. The van der Waals surface area contributed by atoms with Crippen LogP contribution in [-0.2, 0) is 9.53 Å². The molecule has 0 saturated carbocycles.